The van der Waals surface area contributed by atoms with Crippen molar-refractivity contribution in [2.45, 2.75) is 51.1 Å². The van der Waals surface area contributed by atoms with E-state index >= 15 is 0 Å². The fourth-order valence-electron chi connectivity index (χ4n) is 4.24. The molecule has 1 fully saturated rings. The fourth-order valence-corrected chi connectivity index (χ4v) is 4.24. The highest BCUT2D eigenvalue weighted by atomic mass is 16.3. The maximum atomic E-state index is 13.7. The van der Waals surface area contributed by atoms with Gasteiger partial charge in [0.1, 0.15) is 6.04 Å². The van der Waals surface area contributed by atoms with Crippen LogP contribution in [0.2, 0.25) is 0 Å². The molecule has 1 aliphatic carbocycles. The van der Waals surface area contributed by atoms with Gasteiger partial charge < -0.3 is 9.73 Å². The molecule has 1 N–H and O–H groups in total. The predicted molar refractivity (Wildman–Crippen MR) is 119 cm³/mol. The van der Waals surface area contributed by atoms with Crippen molar-refractivity contribution < 1.29 is 14.0 Å². The second-order valence-electron chi connectivity index (χ2n) is 7.81. The number of carbonyl (C=O) groups is 2. The molecule has 1 aromatic carbocycles. The van der Waals surface area contributed by atoms with Crippen LogP contribution in [0.4, 0.5) is 5.69 Å². The van der Waals surface area contributed by atoms with Crippen molar-refractivity contribution >= 4 is 17.5 Å². The van der Waals surface area contributed by atoms with Crippen LogP contribution < -0.4 is 10.2 Å². The monoisotopic (exact) mass is 417 g/mol. The lowest BCUT2D eigenvalue weighted by Crippen LogP contribution is -2.46. The van der Waals surface area contributed by atoms with Gasteiger partial charge in [-0.3, -0.25) is 19.5 Å². The zero-order valence-electron chi connectivity index (χ0n) is 17.7. The number of nitrogens with zero attached hydrogens (tertiary/aromatic N) is 2. The zero-order valence-corrected chi connectivity index (χ0v) is 17.7. The molecule has 0 aliphatic heterocycles. The van der Waals surface area contributed by atoms with Gasteiger partial charge in [-0.05, 0) is 49.1 Å². The smallest absolute Gasteiger partial charge is 0.294 e. The molecule has 160 valence electrons. The SMILES string of the molecule is CCc1ccccc1N(C(=O)c1ccco1)[C@H](C(=O)NC1CCCC1)c1cccnc1. The van der Waals surface area contributed by atoms with Gasteiger partial charge in [-0.15, -0.1) is 0 Å². The number of hydrogen-bond donors (Lipinski definition) is 1. The maximum Gasteiger partial charge on any atom is 0.294 e. The van der Waals surface area contributed by atoms with Crippen LogP contribution in [0.5, 0.6) is 0 Å². The molecule has 4 rings (SSSR count). The Labute approximate surface area is 182 Å². The van der Waals surface area contributed by atoms with E-state index in [2.05, 4.69) is 10.3 Å². The lowest BCUT2D eigenvalue weighted by atomic mass is 10.0. The first kappa shape index (κ1) is 20.8. The summed E-state index contributed by atoms with van der Waals surface area (Å²) in [4.78, 5) is 33.1. The number of aromatic nitrogens is 1. The van der Waals surface area contributed by atoms with Crippen molar-refractivity contribution in [1.82, 2.24) is 10.3 Å². The van der Waals surface area contributed by atoms with Gasteiger partial charge >= 0.3 is 0 Å². The number of rotatable bonds is 7. The molecule has 1 saturated carbocycles. The second kappa shape index (κ2) is 9.60. The summed E-state index contributed by atoms with van der Waals surface area (Å²) < 4.78 is 5.43. The summed E-state index contributed by atoms with van der Waals surface area (Å²) in [6, 6.07) is 13.9. The highest BCUT2D eigenvalue weighted by Crippen LogP contribution is 2.33. The molecule has 0 radical (unpaired) electrons. The van der Waals surface area contributed by atoms with Crippen molar-refractivity contribution in [3.8, 4) is 0 Å². The Morgan fingerprint density at radius 2 is 1.94 bits per heavy atom. The van der Waals surface area contributed by atoms with Gasteiger partial charge in [0.05, 0.1) is 6.26 Å². The third-order valence-corrected chi connectivity index (χ3v) is 5.79. The average molecular weight is 418 g/mol. The first-order valence-electron chi connectivity index (χ1n) is 10.8. The van der Waals surface area contributed by atoms with Crippen LogP contribution in [-0.4, -0.2) is 22.8 Å². The van der Waals surface area contributed by atoms with Crippen LogP contribution >= 0.6 is 0 Å². The average Bonchev–Trinajstić information content (AvgIpc) is 3.52. The number of anilines is 1. The number of benzene rings is 1. The number of amides is 2. The lowest BCUT2D eigenvalue weighted by Gasteiger charge is -2.32. The fraction of sp³-hybridized carbons (Fsp3) is 0.320. The lowest BCUT2D eigenvalue weighted by molar-refractivity contribution is -0.123. The van der Waals surface area contributed by atoms with Gasteiger partial charge in [0, 0.05) is 29.7 Å². The van der Waals surface area contributed by atoms with Crippen LogP contribution in [0.15, 0.2) is 71.6 Å². The summed E-state index contributed by atoms with van der Waals surface area (Å²) in [5.74, 6) is -0.375. The molecule has 0 unspecified atom stereocenters. The van der Waals surface area contributed by atoms with E-state index in [1.54, 1.807) is 35.5 Å². The molecule has 2 amide bonds. The van der Waals surface area contributed by atoms with Crippen LogP contribution in [0.3, 0.4) is 0 Å². The number of nitrogens with one attached hydrogen (secondary N) is 1. The Morgan fingerprint density at radius 1 is 1.13 bits per heavy atom. The van der Waals surface area contributed by atoms with Gasteiger partial charge in [-0.25, -0.2) is 0 Å². The molecule has 1 atom stereocenters. The zero-order chi connectivity index (χ0) is 21.6. The number of carbonyl (C=O) groups excluding carboxylic acids is 2. The van der Waals surface area contributed by atoms with Crippen molar-refractivity contribution in [3.05, 3.63) is 84.1 Å². The minimum atomic E-state index is -0.861. The van der Waals surface area contributed by atoms with Crippen LogP contribution in [0, 0.1) is 0 Å². The highest BCUT2D eigenvalue weighted by molar-refractivity contribution is 6.09. The van der Waals surface area contributed by atoms with Crippen LogP contribution in [-0.2, 0) is 11.2 Å². The Kier molecular flexibility index (Phi) is 6.46. The van der Waals surface area contributed by atoms with Crippen LogP contribution in [0.1, 0.15) is 60.3 Å². The maximum absolute atomic E-state index is 13.7. The van der Waals surface area contributed by atoms with Gasteiger partial charge in [0.25, 0.3) is 5.91 Å². The molecular weight excluding hydrogens is 390 g/mol. The summed E-state index contributed by atoms with van der Waals surface area (Å²) in [6.45, 7) is 2.03. The summed E-state index contributed by atoms with van der Waals surface area (Å²) >= 11 is 0. The minimum Gasteiger partial charge on any atom is -0.459 e. The summed E-state index contributed by atoms with van der Waals surface area (Å²) in [5, 5.41) is 3.17. The quantitative estimate of drug-likeness (QED) is 0.605. The van der Waals surface area contributed by atoms with E-state index < -0.39 is 6.04 Å². The molecule has 3 aromatic rings. The van der Waals surface area contributed by atoms with E-state index in [-0.39, 0.29) is 23.6 Å². The third-order valence-electron chi connectivity index (χ3n) is 5.79. The van der Waals surface area contributed by atoms with Gasteiger partial charge in [-0.2, -0.15) is 0 Å². The number of hydrogen-bond acceptors (Lipinski definition) is 4. The minimum absolute atomic E-state index is 0.133. The standard InChI is InChI=1S/C25H27N3O3/c1-2-18-9-3-6-13-21(18)28(25(30)22-14-8-16-31-22)23(19-10-7-15-26-17-19)24(29)27-20-11-4-5-12-20/h3,6-10,13-17,20,23H,2,4-5,11-12H2,1H3,(H,27,29)/t23-/m0/s1. The van der Waals surface area contributed by atoms with Gasteiger partial charge in [-0.1, -0.05) is 44.0 Å². The van der Waals surface area contributed by atoms with E-state index in [0.717, 1.165) is 37.7 Å². The molecule has 6 nitrogen and oxygen atoms in total. The number of pyridine rings is 1. The van der Waals surface area contributed by atoms with Crippen molar-refractivity contribution in [3.63, 3.8) is 0 Å². The molecule has 0 saturated heterocycles. The summed E-state index contributed by atoms with van der Waals surface area (Å²) in [7, 11) is 0. The normalized spacial score (nSPS) is 14.9. The number of aryl methyl sites for hydroxylation is 1. The third kappa shape index (κ3) is 4.53. The van der Waals surface area contributed by atoms with E-state index in [9.17, 15) is 9.59 Å². The molecular formula is C25H27N3O3. The van der Waals surface area contributed by atoms with E-state index in [0.29, 0.717) is 11.3 Å². The van der Waals surface area contributed by atoms with Crippen molar-refractivity contribution in [2.75, 3.05) is 4.90 Å². The van der Waals surface area contributed by atoms with Gasteiger partial charge in [0.2, 0.25) is 5.91 Å². The summed E-state index contributed by atoms with van der Waals surface area (Å²) in [5.41, 5.74) is 2.33. The molecule has 0 bridgehead atoms. The first-order chi connectivity index (χ1) is 15.2. The largest absolute Gasteiger partial charge is 0.459 e. The van der Waals surface area contributed by atoms with Crippen molar-refractivity contribution in [1.29, 1.82) is 0 Å². The Hall–Kier alpha value is -3.41. The molecule has 31 heavy (non-hydrogen) atoms. The van der Waals surface area contributed by atoms with Crippen molar-refractivity contribution in [2.24, 2.45) is 0 Å². The van der Waals surface area contributed by atoms with E-state index in [4.69, 9.17) is 4.42 Å². The van der Waals surface area contributed by atoms with E-state index in [1.165, 1.54) is 6.26 Å². The number of furan rings is 1. The molecule has 6 heteroatoms. The first-order valence-corrected chi connectivity index (χ1v) is 10.8. The molecule has 2 aromatic heterocycles. The Morgan fingerprint density at radius 3 is 2.61 bits per heavy atom. The van der Waals surface area contributed by atoms with Crippen LogP contribution in [0.25, 0.3) is 0 Å². The Bertz CT molecular complexity index is 1010. The second-order valence-corrected chi connectivity index (χ2v) is 7.81. The van der Waals surface area contributed by atoms with E-state index in [1.807, 2.05) is 37.3 Å². The Balaban J connectivity index is 1.82. The molecule has 1 aliphatic rings. The number of para-hydroxylation sites is 1. The molecule has 2 heterocycles. The molecule has 0 spiro atoms. The highest BCUT2D eigenvalue weighted by Gasteiger charge is 2.36. The predicted octanol–water partition coefficient (Wildman–Crippen LogP) is 4.68. The summed E-state index contributed by atoms with van der Waals surface area (Å²) in [6.07, 6.45) is 9.64. The topological polar surface area (TPSA) is 75.4 Å². The van der Waals surface area contributed by atoms with Gasteiger partial charge in [0.15, 0.2) is 5.76 Å².